The van der Waals surface area contributed by atoms with Crippen molar-refractivity contribution in [3.63, 3.8) is 0 Å². The van der Waals surface area contributed by atoms with Gasteiger partial charge in [-0.15, -0.1) is 0 Å². The van der Waals surface area contributed by atoms with E-state index in [0.29, 0.717) is 51.6 Å². The molecule has 0 aliphatic carbocycles. The van der Waals surface area contributed by atoms with Crippen LogP contribution < -0.4 is 21.7 Å². The summed E-state index contributed by atoms with van der Waals surface area (Å²) in [5, 5.41) is 8.08. The highest BCUT2D eigenvalue weighted by atomic mass is 16.6. The van der Waals surface area contributed by atoms with Crippen LogP contribution >= 0.6 is 0 Å². The molecule has 2 unspecified atom stereocenters. The molecule has 226 valence electrons. The maximum atomic E-state index is 12.8. The molecule has 0 fully saturated rings. The summed E-state index contributed by atoms with van der Waals surface area (Å²) in [6, 6.07) is 7.69. The number of benzene rings is 1. The molecule has 1 aromatic carbocycles. The summed E-state index contributed by atoms with van der Waals surface area (Å²) in [6.07, 6.45) is 2.05. The van der Waals surface area contributed by atoms with Crippen molar-refractivity contribution in [1.29, 1.82) is 0 Å². The van der Waals surface area contributed by atoms with Gasteiger partial charge in [0, 0.05) is 13.1 Å². The maximum Gasteiger partial charge on any atom is 0.407 e. The lowest BCUT2D eigenvalue weighted by Crippen LogP contribution is -2.50. The molecule has 0 saturated heterocycles. The molecule has 2 atom stereocenters. The summed E-state index contributed by atoms with van der Waals surface area (Å²) in [7, 11) is 0. The number of rotatable bonds is 15. The number of unbranched alkanes of at least 4 members (excludes halogenated alkanes) is 2. The van der Waals surface area contributed by atoms with Crippen LogP contribution in [-0.4, -0.2) is 60.4 Å². The van der Waals surface area contributed by atoms with Crippen molar-refractivity contribution in [1.82, 2.24) is 16.0 Å². The van der Waals surface area contributed by atoms with Crippen molar-refractivity contribution < 1.29 is 33.4 Å². The zero-order chi connectivity index (χ0) is 30.2. The minimum atomic E-state index is -0.864. The molecule has 40 heavy (non-hydrogen) atoms. The first-order valence-electron chi connectivity index (χ1n) is 13.9. The predicted octanol–water partition coefficient (Wildman–Crippen LogP) is 3.93. The topological polar surface area (TPSA) is 158 Å². The Balaban J connectivity index is 2.42. The van der Waals surface area contributed by atoms with E-state index < -0.39 is 47.3 Å². The molecule has 3 amide bonds. The van der Waals surface area contributed by atoms with Gasteiger partial charge in [-0.25, -0.2) is 14.4 Å². The Hall–Kier alpha value is -3.34. The molecule has 1 rings (SSSR count). The summed E-state index contributed by atoms with van der Waals surface area (Å²) in [5.74, 6) is -0.983. The Kier molecular flexibility index (Phi) is 15.1. The number of carbonyl (C=O) groups excluding carboxylic acids is 4. The zero-order valence-corrected chi connectivity index (χ0v) is 24.8. The summed E-state index contributed by atoms with van der Waals surface area (Å²) in [6.45, 7) is 11.6. The minimum Gasteiger partial charge on any atom is -0.458 e. The smallest absolute Gasteiger partial charge is 0.407 e. The Bertz CT molecular complexity index is 927. The molecule has 0 radical (unpaired) electrons. The van der Waals surface area contributed by atoms with Crippen LogP contribution in [0.25, 0.3) is 0 Å². The predicted molar refractivity (Wildman–Crippen MR) is 152 cm³/mol. The van der Waals surface area contributed by atoms with E-state index in [-0.39, 0.29) is 6.61 Å². The normalized spacial score (nSPS) is 13.0. The number of amides is 3. The quantitative estimate of drug-likeness (QED) is 0.142. The molecule has 5 N–H and O–H groups in total. The van der Waals surface area contributed by atoms with Crippen LogP contribution in [0.4, 0.5) is 9.59 Å². The summed E-state index contributed by atoms with van der Waals surface area (Å²) < 4.78 is 15.8. The lowest BCUT2D eigenvalue weighted by Gasteiger charge is -2.25. The molecule has 0 aliphatic heterocycles. The number of nitrogens with two attached hydrogens (primary N) is 1. The van der Waals surface area contributed by atoms with E-state index in [2.05, 4.69) is 16.0 Å². The molecule has 11 nitrogen and oxygen atoms in total. The van der Waals surface area contributed by atoms with Gasteiger partial charge in [0.1, 0.15) is 23.9 Å². The van der Waals surface area contributed by atoms with Crippen LogP contribution in [-0.2, 0) is 30.4 Å². The first kappa shape index (κ1) is 34.7. The molecular formula is C29H48N4O7. The molecule has 0 aliphatic rings. The van der Waals surface area contributed by atoms with Crippen molar-refractivity contribution in [2.75, 3.05) is 13.1 Å². The van der Waals surface area contributed by atoms with Gasteiger partial charge in [-0.3, -0.25) is 4.79 Å². The van der Waals surface area contributed by atoms with Crippen molar-refractivity contribution in [2.45, 2.75) is 110 Å². The summed E-state index contributed by atoms with van der Waals surface area (Å²) in [4.78, 5) is 49.1. The number of alkyl carbamates (subject to hydrolysis) is 2. The number of esters is 1. The van der Waals surface area contributed by atoms with Gasteiger partial charge in [0.25, 0.3) is 0 Å². The molecule has 11 heteroatoms. The highest BCUT2D eigenvalue weighted by Crippen LogP contribution is 2.12. The third-order valence-corrected chi connectivity index (χ3v) is 5.36. The van der Waals surface area contributed by atoms with Gasteiger partial charge in [-0.1, -0.05) is 30.3 Å². The number of hydrogen-bond acceptors (Lipinski definition) is 8. The Labute approximate surface area is 238 Å². The SMILES string of the molecule is CC(C)(C)OC(=O)NCCCCC(N)C(=O)NC(CCCCNC(=O)OCc1ccccc1)C(=O)OC(C)(C)C. The molecule has 0 bridgehead atoms. The van der Waals surface area contributed by atoms with E-state index in [9.17, 15) is 19.2 Å². The minimum absolute atomic E-state index is 0.180. The fourth-order valence-corrected chi connectivity index (χ4v) is 3.46. The standard InChI is InChI=1S/C29H48N4O7/c1-28(2,3)39-25(35)23(17-11-13-18-31-26(36)38-20-21-14-8-7-9-15-21)33-24(34)22(30)16-10-12-19-32-27(37)40-29(4,5)6/h7-9,14-15,22-23H,10-13,16-20,30H2,1-6H3,(H,31,36)(H,32,37)(H,33,34). The fraction of sp³-hybridized carbons (Fsp3) is 0.655. The number of ether oxygens (including phenoxy) is 3. The van der Waals surface area contributed by atoms with E-state index in [1.165, 1.54) is 0 Å². The van der Waals surface area contributed by atoms with Crippen LogP contribution in [0.15, 0.2) is 30.3 Å². The van der Waals surface area contributed by atoms with Crippen molar-refractivity contribution >= 4 is 24.1 Å². The van der Waals surface area contributed by atoms with E-state index in [1.54, 1.807) is 41.5 Å². The largest absolute Gasteiger partial charge is 0.458 e. The molecule has 0 heterocycles. The van der Waals surface area contributed by atoms with Gasteiger partial charge in [0.2, 0.25) is 5.91 Å². The number of hydrogen-bond donors (Lipinski definition) is 4. The third-order valence-electron chi connectivity index (χ3n) is 5.36. The Morgan fingerprint density at radius 3 is 1.90 bits per heavy atom. The summed E-state index contributed by atoms with van der Waals surface area (Å²) >= 11 is 0. The third kappa shape index (κ3) is 17.3. The van der Waals surface area contributed by atoms with Gasteiger partial charge >= 0.3 is 18.2 Å². The molecule has 0 spiro atoms. The van der Waals surface area contributed by atoms with E-state index in [1.807, 2.05) is 30.3 Å². The van der Waals surface area contributed by atoms with Crippen molar-refractivity contribution in [3.8, 4) is 0 Å². The lowest BCUT2D eigenvalue weighted by molar-refractivity contribution is -0.159. The second kappa shape index (κ2) is 17.4. The molecule has 0 aromatic heterocycles. The molecular weight excluding hydrogens is 516 g/mol. The fourth-order valence-electron chi connectivity index (χ4n) is 3.46. The lowest BCUT2D eigenvalue weighted by atomic mass is 10.1. The number of carbonyl (C=O) groups is 4. The van der Waals surface area contributed by atoms with Crippen LogP contribution in [0.1, 0.15) is 85.6 Å². The second-order valence-corrected chi connectivity index (χ2v) is 11.6. The van der Waals surface area contributed by atoms with E-state index in [4.69, 9.17) is 19.9 Å². The van der Waals surface area contributed by atoms with Gasteiger partial charge in [-0.2, -0.15) is 0 Å². The molecule has 1 aromatic rings. The van der Waals surface area contributed by atoms with E-state index >= 15 is 0 Å². The first-order chi connectivity index (χ1) is 18.7. The average molecular weight is 565 g/mol. The van der Waals surface area contributed by atoms with Crippen molar-refractivity contribution in [2.24, 2.45) is 5.73 Å². The van der Waals surface area contributed by atoms with Crippen LogP contribution in [0, 0.1) is 0 Å². The monoisotopic (exact) mass is 564 g/mol. The molecule has 0 saturated carbocycles. The maximum absolute atomic E-state index is 12.8. The van der Waals surface area contributed by atoms with Gasteiger partial charge in [0.05, 0.1) is 6.04 Å². The Morgan fingerprint density at radius 2 is 1.32 bits per heavy atom. The van der Waals surface area contributed by atoms with E-state index in [0.717, 1.165) is 5.56 Å². The second-order valence-electron chi connectivity index (χ2n) is 11.6. The summed E-state index contributed by atoms with van der Waals surface area (Å²) in [5.41, 5.74) is 5.67. The van der Waals surface area contributed by atoms with Crippen LogP contribution in [0.5, 0.6) is 0 Å². The van der Waals surface area contributed by atoms with Crippen molar-refractivity contribution in [3.05, 3.63) is 35.9 Å². The van der Waals surface area contributed by atoms with Crippen LogP contribution in [0.3, 0.4) is 0 Å². The highest BCUT2D eigenvalue weighted by molar-refractivity contribution is 5.87. The van der Waals surface area contributed by atoms with Gasteiger partial charge < -0.3 is 35.9 Å². The first-order valence-corrected chi connectivity index (χ1v) is 13.9. The highest BCUT2D eigenvalue weighted by Gasteiger charge is 2.28. The van der Waals surface area contributed by atoms with Gasteiger partial charge in [0.15, 0.2) is 0 Å². The average Bonchev–Trinajstić information content (AvgIpc) is 2.84. The van der Waals surface area contributed by atoms with Gasteiger partial charge in [-0.05, 0) is 85.6 Å². The van der Waals surface area contributed by atoms with Crippen LogP contribution in [0.2, 0.25) is 0 Å². The Morgan fingerprint density at radius 1 is 0.775 bits per heavy atom. The number of nitrogens with one attached hydrogen (secondary N) is 3. The zero-order valence-electron chi connectivity index (χ0n) is 24.8.